The molecule has 0 atom stereocenters. The number of hydrogen-bond acceptors (Lipinski definition) is 5. The Morgan fingerprint density at radius 1 is 1.16 bits per heavy atom. The first kappa shape index (κ1) is 16.7. The molecule has 2 aromatic rings. The molecule has 5 heteroatoms. The van der Waals surface area contributed by atoms with Gasteiger partial charge in [-0.15, -0.1) is 0 Å². The number of nitrogens with one attached hydrogen (secondary N) is 2. The van der Waals surface area contributed by atoms with E-state index in [4.69, 9.17) is 4.52 Å². The molecular formula is C20H28N4O. The van der Waals surface area contributed by atoms with Gasteiger partial charge in [-0.2, -0.15) is 4.98 Å². The number of nitrogens with zero attached hydrogens (tertiary/aromatic N) is 2. The van der Waals surface area contributed by atoms with E-state index < -0.39 is 0 Å². The number of aromatic nitrogens is 2. The summed E-state index contributed by atoms with van der Waals surface area (Å²) in [6, 6.07) is 8.73. The Bertz CT molecular complexity index is 695. The first-order valence-corrected chi connectivity index (χ1v) is 9.57. The number of piperidine rings is 1. The van der Waals surface area contributed by atoms with E-state index in [1.54, 1.807) is 0 Å². The largest absolute Gasteiger partial charge is 0.338 e. The fourth-order valence-corrected chi connectivity index (χ4v) is 4.38. The molecule has 1 aromatic heterocycles. The highest BCUT2D eigenvalue weighted by Gasteiger charge is 2.36. The third-order valence-electron chi connectivity index (χ3n) is 6.11. The predicted molar refractivity (Wildman–Crippen MR) is 98.1 cm³/mol. The van der Waals surface area contributed by atoms with Crippen LogP contribution in [0, 0.1) is 12.3 Å². The van der Waals surface area contributed by atoms with Gasteiger partial charge in [0.25, 0.3) is 0 Å². The number of rotatable bonds is 4. The lowest BCUT2D eigenvalue weighted by molar-refractivity contribution is 0.114. The Morgan fingerprint density at radius 2 is 1.92 bits per heavy atom. The summed E-state index contributed by atoms with van der Waals surface area (Å²) in [6.45, 7) is 5.13. The van der Waals surface area contributed by atoms with Crippen molar-refractivity contribution in [1.29, 1.82) is 0 Å². The highest BCUT2D eigenvalue weighted by molar-refractivity contribution is 5.58. The van der Waals surface area contributed by atoms with Crippen molar-refractivity contribution in [2.24, 2.45) is 5.41 Å². The first-order chi connectivity index (χ1) is 12.2. The van der Waals surface area contributed by atoms with E-state index in [1.807, 2.05) is 18.2 Å². The Morgan fingerprint density at radius 3 is 2.68 bits per heavy atom. The van der Waals surface area contributed by atoms with Crippen molar-refractivity contribution in [2.45, 2.75) is 58.0 Å². The minimum Gasteiger partial charge on any atom is -0.338 e. The van der Waals surface area contributed by atoms with E-state index in [0.717, 1.165) is 5.56 Å². The molecule has 2 heterocycles. The van der Waals surface area contributed by atoms with Crippen LogP contribution in [0.2, 0.25) is 0 Å². The van der Waals surface area contributed by atoms with E-state index in [2.05, 4.69) is 33.8 Å². The molecule has 1 saturated carbocycles. The molecular weight excluding hydrogens is 312 g/mol. The first-order valence-electron chi connectivity index (χ1n) is 9.57. The Balaban J connectivity index is 1.30. The fourth-order valence-electron chi connectivity index (χ4n) is 4.38. The molecule has 0 bridgehead atoms. The maximum absolute atomic E-state index is 5.44. The highest BCUT2D eigenvalue weighted by Crippen LogP contribution is 2.43. The smallest absolute Gasteiger partial charge is 0.240 e. The SMILES string of the molecule is Cc1ccccc1-c1noc(CNC2CCC3(CCNCC3)CC2)n1. The Labute approximate surface area is 149 Å². The van der Waals surface area contributed by atoms with Crippen LogP contribution in [0.25, 0.3) is 11.4 Å². The van der Waals surface area contributed by atoms with E-state index in [0.29, 0.717) is 29.7 Å². The monoisotopic (exact) mass is 340 g/mol. The van der Waals surface area contributed by atoms with Crippen LogP contribution in [0.1, 0.15) is 50.0 Å². The van der Waals surface area contributed by atoms with Gasteiger partial charge in [0, 0.05) is 11.6 Å². The summed E-state index contributed by atoms with van der Waals surface area (Å²) < 4.78 is 5.44. The van der Waals surface area contributed by atoms with Crippen LogP contribution in [-0.4, -0.2) is 29.3 Å². The van der Waals surface area contributed by atoms with Crippen LogP contribution in [0.5, 0.6) is 0 Å². The maximum Gasteiger partial charge on any atom is 0.240 e. The van der Waals surface area contributed by atoms with E-state index >= 15 is 0 Å². The van der Waals surface area contributed by atoms with E-state index in [-0.39, 0.29) is 0 Å². The third-order valence-corrected chi connectivity index (χ3v) is 6.11. The fraction of sp³-hybridized carbons (Fsp3) is 0.600. The van der Waals surface area contributed by atoms with Crippen LogP contribution in [0.3, 0.4) is 0 Å². The predicted octanol–water partition coefficient (Wildman–Crippen LogP) is 3.45. The lowest BCUT2D eigenvalue weighted by Gasteiger charge is -2.43. The summed E-state index contributed by atoms with van der Waals surface area (Å²) in [5, 5.41) is 11.3. The third kappa shape index (κ3) is 3.77. The van der Waals surface area contributed by atoms with Gasteiger partial charge in [-0.3, -0.25) is 0 Å². The summed E-state index contributed by atoms with van der Waals surface area (Å²) in [5.41, 5.74) is 2.83. The van der Waals surface area contributed by atoms with Gasteiger partial charge in [0.1, 0.15) is 0 Å². The van der Waals surface area contributed by atoms with Gasteiger partial charge in [0.15, 0.2) is 0 Å². The van der Waals surface area contributed by atoms with Crippen LogP contribution in [0.4, 0.5) is 0 Å². The van der Waals surface area contributed by atoms with E-state index in [9.17, 15) is 0 Å². The highest BCUT2D eigenvalue weighted by atomic mass is 16.5. The molecule has 0 amide bonds. The minimum absolute atomic E-state index is 0.578. The maximum atomic E-state index is 5.44. The molecule has 4 rings (SSSR count). The zero-order valence-electron chi connectivity index (χ0n) is 15.1. The summed E-state index contributed by atoms with van der Waals surface area (Å²) in [5.74, 6) is 1.37. The van der Waals surface area contributed by atoms with Gasteiger partial charge in [-0.25, -0.2) is 0 Å². The molecule has 0 radical (unpaired) electrons. The van der Waals surface area contributed by atoms with Crippen LogP contribution >= 0.6 is 0 Å². The molecule has 1 saturated heterocycles. The number of hydrogen-bond donors (Lipinski definition) is 2. The Hall–Kier alpha value is -1.72. The van der Waals surface area contributed by atoms with Crippen LogP contribution in [0.15, 0.2) is 28.8 Å². The lowest BCUT2D eigenvalue weighted by Crippen LogP contribution is -2.43. The Kier molecular flexibility index (Phi) is 4.86. The van der Waals surface area contributed by atoms with Crippen molar-refractivity contribution in [3.63, 3.8) is 0 Å². The molecule has 0 unspecified atom stereocenters. The molecule has 1 aliphatic heterocycles. The zero-order chi connectivity index (χ0) is 17.1. The van der Waals surface area contributed by atoms with Crippen molar-refractivity contribution in [2.75, 3.05) is 13.1 Å². The second kappa shape index (κ2) is 7.26. The zero-order valence-corrected chi connectivity index (χ0v) is 15.1. The molecule has 2 fully saturated rings. The van der Waals surface area contributed by atoms with Crippen molar-refractivity contribution >= 4 is 0 Å². The molecule has 1 aromatic carbocycles. The molecule has 2 aliphatic rings. The lowest BCUT2D eigenvalue weighted by atomic mass is 9.67. The topological polar surface area (TPSA) is 63.0 Å². The molecule has 1 aliphatic carbocycles. The average Bonchev–Trinajstić information content (AvgIpc) is 3.11. The second-order valence-electron chi connectivity index (χ2n) is 7.73. The molecule has 1 spiro atoms. The average molecular weight is 340 g/mol. The van der Waals surface area contributed by atoms with Gasteiger partial charge in [0.05, 0.1) is 6.54 Å². The van der Waals surface area contributed by atoms with Gasteiger partial charge in [-0.1, -0.05) is 29.4 Å². The van der Waals surface area contributed by atoms with Gasteiger partial charge >= 0.3 is 0 Å². The van der Waals surface area contributed by atoms with Crippen molar-refractivity contribution in [3.8, 4) is 11.4 Å². The number of benzene rings is 1. The van der Waals surface area contributed by atoms with Gasteiger partial charge in [0.2, 0.25) is 11.7 Å². The van der Waals surface area contributed by atoms with Gasteiger partial charge in [-0.05, 0) is 69.5 Å². The van der Waals surface area contributed by atoms with Crippen molar-refractivity contribution < 1.29 is 4.52 Å². The van der Waals surface area contributed by atoms with Crippen LogP contribution < -0.4 is 10.6 Å². The van der Waals surface area contributed by atoms with Gasteiger partial charge < -0.3 is 15.2 Å². The summed E-state index contributed by atoms with van der Waals surface area (Å²) in [6.07, 6.45) is 7.93. The standard InChI is InChI=1S/C20H28N4O/c1-15-4-2-3-5-17(15)19-23-18(25-24-19)14-22-16-6-8-20(9-7-16)10-12-21-13-11-20/h2-5,16,21-22H,6-14H2,1H3. The molecule has 134 valence electrons. The minimum atomic E-state index is 0.578. The molecule has 5 nitrogen and oxygen atoms in total. The summed E-state index contributed by atoms with van der Waals surface area (Å²) in [4.78, 5) is 4.56. The van der Waals surface area contributed by atoms with E-state index in [1.165, 1.54) is 57.2 Å². The van der Waals surface area contributed by atoms with Crippen molar-refractivity contribution in [3.05, 3.63) is 35.7 Å². The number of aryl methyl sites for hydroxylation is 1. The summed E-state index contributed by atoms with van der Waals surface area (Å²) in [7, 11) is 0. The quantitative estimate of drug-likeness (QED) is 0.892. The molecule has 2 N–H and O–H groups in total. The molecule has 25 heavy (non-hydrogen) atoms. The second-order valence-corrected chi connectivity index (χ2v) is 7.73. The normalized spacial score (nSPS) is 20.8. The van der Waals surface area contributed by atoms with Crippen LogP contribution in [-0.2, 0) is 6.54 Å². The summed E-state index contributed by atoms with van der Waals surface area (Å²) >= 11 is 0. The van der Waals surface area contributed by atoms with Crippen molar-refractivity contribution in [1.82, 2.24) is 20.8 Å².